The quantitative estimate of drug-likeness (QED) is 0.765. The number of carbonyl (C=O) groups is 1. The molecule has 3 aromatic rings. The molecule has 0 radical (unpaired) electrons. The maximum Gasteiger partial charge on any atom is 0.308 e. The van der Waals surface area contributed by atoms with Gasteiger partial charge in [0.25, 0.3) is 0 Å². The molecule has 0 fully saturated rings. The number of carboxylic acid groups (broad SMARTS) is 1. The largest absolute Gasteiger partial charge is 0.481 e. The number of nitrogens with zero attached hydrogens (tertiary/aromatic N) is 1. The van der Waals surface area contributed by atoms with Gasteiger partial charge in [0.05, 0.1) is 17.1 Å². The molecule has 0 spiro atoms. The summed E-state index contributed by atoms with van der Waals surface area (Å²) >= 11 is 1.40. The molecule has 1 aromatic heterocycles. The zero-order valence-corrected chi connectivity index (χ0v) is 13.0. The van der Waals surface area contributed by atoms with E-state index in [0.717, 1.165) is 26.7 Å². The highest BCUT2D eigenvalue weighted by Gasteiger charge is 2.15. The van der Waals surface area contributed by atoms with E-state index in [1.807, 2.05) is 30.3 Å². The van der Waals surface area contributed by atoms with E-state index in [-0.39, 0.29) is 12.2 Å². The van der Waals surface area contributed by atoms with E-state index >= 15 is 0 Å². The van der Waals surface area contributed by atoms with E-state index in [0.29, 0.717) is 6.42 Å². The van der Waals surface area contributed by atoms with Crippen molar-refractivity contribution in [2.75, 3.05) is 0 Å². The fraction of sp³-hybridized carbons (Fsp3) is 0.111. The highest BCUT2D eigenvalue weighted by atomic mass is 32.1. The first-order chi connectivity index (χ1) is 11.1. The molecule has 1 N–H and O–H groups in total. The van der Waals surface area contributed by atoms with Crippen LogP contribution in [0.25, 0.3) is 11.3 Å². The molecule has 0 saturated carbocycles. The number of rotatable bonds is 5. The number of aromatic nitrogens is 1. The summed E-state index contributed by atoms with van der Waals surface area (Å²) in [7, 11) is 0. The standard InChI is InChI=1S/C18H14FNO2S/c19-14-8-6-12(7-9-14)10-16-20-18(13-4-2-1-3-5-13)15(23-16)11-17(21)22/h1-9H,10-11H2,(H,21,22). The lowest BCUT2D eigenvalue weighted by Crippen LogP contribution is -1.99. The van der Waals surface area contributed by atoms with E-state index in [2.05, 4.69) is 4.98 Å². The van der Waals surface area contributed by atoms with Crippen molar-refractivity contribution in [1.82, 2.24) is 4.98 Å². The van der Waals surface area contributed by atoms with Crippen LogP contribution < -0.4 is 0 Å². The van der Waals surface area contributed by atoms with Gasteiger partial charge in [0, 0.05) is 16.9 Å². The Morgan fingerprint density at radius 3 is 2.43 bits per heavy atom. The van der Waals surface area contributed by atoms with E-state index in [1.165, 1.54) is 23.5 Å². The maximum absolute atomic E-state index is 13.0. The van der Waals surface area contributed by atoms with Crippen LogP contribution in [0.4, 0.5) is 4.39 Å². The highest BCUT2D eigenvalue weighted by Crippen LogP contribution is 2.30. The van der Waals surface area contributed by atoms with Crippen LogP contribution in [0.3, 0.4) is 0 Å². The predicted octanol–water partition coefficient (Wildman–Crippen LogP) is 4.17. The van der Waals surface area contributed by atoms with Crippen LogP contribution in [-0.4, -0.2) is 16.1 Å². The molecule has 0 aliphatic rings. The lowest BCUT2D eigenvalue weighted by atomic mass is 10.1. The van der Waals surface area contributed by atoms with Gasteiger partial charge in [0.15, 0.2) is 0 Å². The second-order valence-electron chi connectivity index (χ2n) is 5.12. The second kappa shape index (κ2) is 6.71. The Kier molecular flexibility index (Phi) is 4.48. The second-order valence-corrected chi connectivity index (χ2v) is 6.29. The van der Waals surface area contributed by atoms with Gasteiger partial charge in [0.1, 0.15) is 5.82 Å². The molecule has 1 heterocycles. The summed E-state index contributed by atoms with van der Waals surface area (Å²) in [5, 5.41) is 9.93. The van der Waals surface area contributed by atoms with Gasteiger partial charge in [-0.3, -0.25) is 4.79 Å². The molecular formula is C18H14FNO2S. The van der Waals surface area contributed by atoms with E-state index in [1.54, 1.807) is 12.1 Å². The number of hydrogen-bond acceptors (Lipinski definition) is 3. The molecule has 0 unspecified atom stereocenters. The fourth-order valence-electron chi connectivity index (χ4n) is 2.33. The molecular weight excluding hydrogens is 313 g/mol. The summed E-state index contributed by atoms with van der Waals surface area (Å²) in [6, 6.07) is 15.8. The molecule has 23 heavy (non-hydrogen) atoms. The number of carboxylic acids is 1. The minimum atomic E-state index is -0.876. The summed E-state index contributed by atoms with van der Waals surface area (Å²) in [6.07, 6.45) is 0.510. The lowest BCUT2D eigenvalue weighted by Gasteiger charge is -1.99. The molecule has 5 heteroatoms. The molecule has 0 atom stereocenters. The van der Waals surface area contributed by atoms with Crippen molar-refractivity contribution in [2.24, 2.45) is 0 Å². The third kappa shape index (κ3) is 3.81. The minimum Gasteiger partial charge on any atom is -0.481 e. The number of hydrogen-bond donors (Lipinski definition) is 1. The van der Waals surface area contributed by atoms with Crippen LogP contribution >= 0.6 is 11.3 Å². The fourth-order valence-corrected chi connectivity index (χ4v) is 3.45. The van der Waals surface area contributed by atoms with Crippen molar-refractivity contribution in [1.29, 1.82) is 0 Å². The summed E-state index contributed by atoms with van der Waals surface area (Å²) < 4.78 is 13.0. The van der Waals surface area contributed by atoms with Gasteiger partial charge >= 0.3 is 5.97 Å². The van der Waals surface area contributed by atoms with Crippen LogP contribution in [-0.2, 0) is 17.6 Å². The number of benzene rings is 2. The smallest absolute Gasteiger partial charge is 0.308 e. The molecule has 116 valence electrons. The zero-order chi connectivity index (χ0) is 16.2. The summed E-state index contributed by atoms with van der Waals surface area (Å²) in [4.78, 5) is 16.4. The highest BCUT2D eigenvalue weighted by molar-refractivity contribution is 7.12. The van der Waals surface area contributed by atoms with Gasteiger partial charge in [-0.05, 0) is 17.7 Å². The van der Waals surface area contributed by atoms with Crippen LogP contribution in [0.2, 0.25) is 0 Å². The number of thiazole rings is 1. The van der Waals surface area contributed by atoms with E-state index < -0.39 is 5.97 Å². The van der Waals surface area contributed by atoms with Gasteiger partial charge < -0.3 is 5.11 Å². The van der Waals surface area contributed by atoms with Crippen molar-refractivity contribution in [3.8, 4) is 11.3 Å². The Hall–Kier alpha value is -2.53. The third-order valence-corrected chi connectivity index (χ3v) is 4.42. The Morgan fingerprint density at radius 2 is 1.78 bits per heavy atom. The number of halogens is 1. The monoisotopic (exact) mass is 327 g/mol. The van der Waals surface area contributed by atoms with Gasteiger partial charge in [-0.15, -0.1) is 11.3 Å². The first-order valence-corrected chi connectivity index (χ1v) is 7.93. The van der Waals surface area contributed by atoms with Gasteiger partial charge in [-0.25, -0.2) is 9.37 Å². The molecule has 0 bridgehead atoms. The van der Waals surface area contributed by atoms with Crippen molar-refractivity contribution < 1.29 is 14.3 Å². The normalized spacial score (nSPS) is 10.7. The molecule has 3 nitrogen and oxygen atoms in total. The average Bonchev–Trinajstić information content (AvgIpc) is 2.92. The van der Waals surface area contributed by atoms with Crippen molar-refractivity contribution in [2.45, 2.75) is 12.8 Å². The van der Waals surface area contributed by atoms with E-state index in [9.17, 15) is 9.18 Å². The number of aliphatic carboxylic acids is 1. The van der Waals surface area contributed by atoms with Crippen LogP contribution in [0.5, 0.6) is 0 Å². The minimum absolute atomic E-state index is 0.0503. The topological polar surface area (TPSA) is 50.2 Å². The average molecular weight is 327 g/mol. The van der Waals surface area contributed by atoms with Crippen molar-refractivity contribution in [3.05, 3.63) is 75.9 Å². The first kappa shape index (κ1) is 15.4. The summed E-state index contributed by atoms with van der Waals surface area (Å²) in [5.74, 6) is -1.15. The molecule has 3 rings (SSSR count). The Labute approximate surface area is 137 Å². The van der Waals surface area contributed by atoms with Crippen LogP contribution in [0.1, 0.15) is 15.4 Å². The van der Waals surface area contributed by atoms with Gasteiger partial charge in [-0.2, -0.15) is 0 Å². The molecule has 2 aromatic carbocycles. The predicted molar refractivity (Wildman–Crippen MR) is 88.1 cm³/mol. The van der Waals surface area contributed by atoms with Crippen LogP contribution in [0.15, 0.2) is 54.6 Å². The van der Waals surface area contributed by atoms with E-state index in [4.69, 9.17) is 5.11 Å². The maximum atomic E-state index is 13.0. The Morgan fingerprint density at radius 1 is 1.09 bits per heavy atom. The van der Waals surface area contributed by atoms with Crippen molar-refractivity contribution in [3.63, 3.8) is 0 Å². The van der Waals surface area contributed by atoms with Crippen LogP contribution in [0, 0.1) is 5.82 Å². The third-order valence-electron chi connectivity index (χ3n) is 3.37. The van der Waals surface area contributed by atoms with Crippen molar-refractivity contribution >= 4 is 17.3 Å². The van der Waals surface area contributed by atoms with Gasteiger partial charge in [-0.1, -0.05) is 42.5 Å². The Balaban J connectivity index is 1.94. The summed E-state index contributed by atoms with van der Waals surface area (Å²) in [6.45, 7) is 0. The summed E-state index contributed by atoms with van der Waals surface area (Å²) in [5.41, 5.74) is 2.57. The molecule has 0 amide bonds. The Bertz CT molecular complexity index is 813. The zero-order valence-electron chi connectivity index (χ0n) is 12.2. The molecule has 0 aliphatic heterocycles. The molecule has 0 saturated heterocycles. The lowest BCUT2D eigenvalue weighted by molar-refractivity contribution is -0.136. The molecule has 0 aliphatic carbocycles. The first-order valence-electron chi connectivity index (χ1n) is 7.12. The SMILES string of the molecule is O=C(O)Cc1sc(Cc2ccc(F)cc2)nc1-c1ccccc1. The van der Waals surface area contributed by atoms with Gasteiger partial charge in [0.2, 0.25) is 0 Å².